The number of amides is 3. The van der Waals surface area contributed by atoms with Gasteiger partial charge in [-0.2, -0.15) is 5.26 Å². The lowest BCUT2D eigenvalue weighted by atomic mass is 9.85. The summed E-state index contributed by atoms with van der Waals surface area (Å²) in [5, 5.41) is 11.3. The highest BCUT2D eigenvalue weighted by Crippen LogP contribution is 2.38. The van der Waals surface area contributed by atoms with Crippen LogP contribution in [0.5, 0.6) is 11.5 Å². The standard InChI is InChI=1S/C32H28BrFN4O4/c33-28-6-5-24(42-23-3-1-19(16-35)2-4-23)13-21(28)17-37-11-9-20(10-12-37)25-14-22(34)15-26-27(25)18-38(32(26)41)29-7-8-30(39)36-31(29)40/h1-6,13-15,20,29H,7-12,17-18H2,(H,36,39,40). The van der Waals surface area contributed by atoms with Crippen LogP contribution in [-0.4, -0.2) is 46.7 Å². The van der Waals surface area contributed by atoms with E-state index in [4.69, 9.17) is 10.00 Å². The lowest BCUT2D eigenvalue weighted by Gasteiger charge is -2.33. The molecule has 1 N–H and O–H groups in total. The van der Waals surface area contributed by atoms with E-state index in [2.05, 4.69) is 32.2 Å². The molecule has 1 atom stereocenters. The zero-order chi connectivity index (χ0) is 29.4. The van der Waals surface area contributed by atoms with Crippen molar-refractivity contribution in [2.75, 3.05) is 13.1 Å². The number of carbonyl (C=O) groups excluding carboxylic acids is 3. The number of carbonyl (C=O) groups is 3. The van der Waals surface area contributed by atoms with Crippen LogP contribution in [0, 0.1) is 17.1 Å². The minimum Gasteiger partial charge on any atom is -0.457 e. The second-order valence-electron chi connectivity index (χ2n) is 11.0. The number of nitriles is 1. The highest BCUT2D eigenvalue weighted by Gasteiger charge is 2.41. The molecule has 42 heavy (non-hydrogen) atoms. The van der Waals surface area contributed by atoms with Crippen LogP contribution in [0.15, 0.2) is 59.1 Å². The Morgan fingerprint density at radius 3 is 2.45 bits per heavy atom. The SMILES string of the molecule is N#Cc1ccc(Oc2ccc(Br)c(CN3CCC(c4cc(F)cc5c4CN(C4CCC(=O)NC4=O)C5=O)CC3)c2)cc1. The molecule has 0 radical (unpaired) electrons. The van der Waals surface area contributed by atoms with E-state index in [1.807, 2.05) is 18.2 Å². The van der Waals surface area contributed by atoms with Gasteiger partial charge in [0.05, 0.1) is 11.6 Å². The summed E-state index contributed by atoms with van der Waals surface area (Å²) in [5.41, 5.74) is 3.60. The molecule has 8 nitrogen and oxygen atoms in total. The number of piperidine rings is 2. The smallest absolute Gasteiger partial charge is 0.255 e. The summed E-state index contributed by atoms with van der Waals surface area (Å²) >= 11 is 3.66. The third-order valence-corrected chi connectivity index (χ3v) is 9.09. The summed E-state index contributed by atoms with van der Waals surface area (Å²) in [6.45, 7) is 2.55. The fourth-order valence-electron chi connectivity index (χ4n) is 6.13. The Bertz CT molecular complexity index is 1610. The van der Waals surface area contributed by atoms with Crippen molar-refractivity contribution >= 4 is 33.7 Å². The summed E-state index contributed by atoms with van der Waals surface area (Å²) in [7, 11) is 0. The van der Waals surface area contributed by atoms with Gasteiger partial charge < -0.3 is 9.64 Å². The summed E-state index contributed by atoms with van der Waals surface area (Å²) in [6.07, 6.45) is 2.07. The van der Waals surface area contributed by atoms with Gasteiger partial charge in [0.1, 0.15) is 23.4 Å². The molecule has 3 aromatic carbocycles. The molecule has 3 aromatic rings. The number of hydrogen-bond donors (Lipinski definition) is 1. The average molecular weight is 632 g/mol. The summed E-state index contributed by atoms with van der Waals surface area (Å²) in [5.74, 6) is -0.168. The molecule has 214 valence electrons. The lowest BCUT2D eigenvalue weighted by Crippen LogP contribution is -2.52. The number of halogens is 2. The molecule has 0 saturated carbocycles. The number of ether oxygens (including phenoxy) is 1. The van der Waals surface area contributed by atoms with Gasteiger partial charge in [0.15, 0.2) is 0 Å². The van der Waals surface area contributed by atoms with Gasteiger partial charge in [0.2, 0.25) is 11.8 Å². The maximum atomic E-state index is 14.8. The molecule has 3 aliphatic heterocycles. The minimum absolute atomic E-state index is 0.0923. The van der Waals surface area contributed by atoms with E-state index in [0.717, 1.165) is 47.1 Å². The molecular formula is C32H28BrFN4O4. The second-order valence-corrected chi connectivity index (χ2v) is 11.8. The van der Waals surface area contributed by atoms with Crippen molar-refractivity contribution in [3.05, 3.63) is 92.7 Å². The van der Waals surface area contributed by atoms with E-state index < -0.39 is 17.8 Å². The Morgan fingerprint density at radius 1 is 1.00 bits per heavy atom. The molecule has 2 saturated heterocycles. The van der Waals surface area contributed by atoms with E-state index in [1.165, 1.54) is 11.0 Å². The van der Waals surface area contributed by atoms with Crippen molar-refractivity contribution in [3.63, 3.8) is 0 Å². The number of rotatable bonds is 6. The van der Waals surface area contributed by atoms with Crippen LogP contribution in [0.4, 0.5) is 4.39 Å². The molecule has 0 spiro atoms. The first-order valence-electron chi connectivity index (χ1n) is 13.9. The largest absolute Gasteiger partial charge is 0.457 e. The quantitative estimate of drug-likeness (QED) is 0.366. The van der Waals surface area contributed by atoms with Crippen molar-refractivity contribution in [2.45, 2.75) is 50.7 Å². The number of fused-ring (bicyclic) bond motifs is 1. The fourth-order valence-corrected chi connectivity index (χ4v) is 6.50. The Balaban J connectivity index is 1.12. The van der Waals surface area contributed by atoms with Crippen LogP contribution in [-0.2, 0) is 22.7 Å². The first-order chi connectivity index (χ1) is 20.3. The minimum atomic E-state index is -0.726. The molecule has 3 heterocycles. The average Bonchev–Trinajstić information content (AvgIpc) is 3.31. The number of imide groups is 1. The molecule has 2 fully saturated rings. The van der Waals surface area contributed by atoms with Crippen molar-refractivity contribution in [1.29, 1.82) is 5.26 Å². The first-order valence-corrected chi connectivity index (χ1v) is 14.7. The number of nitrogens with zero attached hydrogens (tertiary/aromatic N) is 3. The van der Waals surface area contributed by atoms with Crippen LogP contribution >= 0.6 is 15.9 Å². The Morgan fingerprint density at radius 2 is 1.74 bits per heavy atom. The lowest BCUT2D eigenvalue weighted by molar-refractivity contribution is -0.136. The molecule has 3 aliphatic rings. The van der Waals surface area contributed by atoms with Crippen LogP contribution in [0.2, 0.25) is 0 Å². The molecular weight excluding hydrogens is 603 g/mol. The normalized spacial score (nSPS) is 19.4. The van der Waals surface area contributed by atoms with Crippen LogP contribution in [0.3, 0.4) is 0 Å². The Labute approximate surface area is 251 Å². The van der Waals surface area contributed by atoms with Gasteiger partial charge >= 0.3 is 0 Å². The van der Waals surface area contributed by atoms with E-state index in [0.29, 0.717) is 29.2 Å². The van der Waals surface area contributed by atoms with Gasteiger partial charge in [-0.1, -0.05) is 15.9 Å². The van der Waals surface area contributed by atoms with Gasteiger partial charge in [0, 0.05) is 29.5 Å². The summed E-state index contributed by atoms with van der Waals surface area (Å²) < 4.78 is 21.7. The molecule has 0 aromatic heterocycles. The summed E-state index contributed by atoms with van der Waals surface area (Å²) in [4.78, 5) is 41.1. The molecule has 0 aliphatic carbocycles. The van der Waals surface area contributed by atoms with E-state index >= 15 is 0 Å². The maximum Gasteiger partial charge on any atom is 0.255 e. The van der Waals surface area contributed by atoms with Crippen molar-refractivity contribution < 1.29 is 23.5 Å². The van der Waals surface area contributed by atoms with E-state index in [9.17, 15) is 18.8 Å². The van der Waals surface area contributed by atoms with Crippen molar-refractivity contribution in [3.8, 4) is 17.6 Å². The molecule has 1 unspecified atom stereocenters. The summed E-state index contributed by atoms with van der Waals surface area (Å²) in [6, 6.07) is 17.0. The Kier molecular flexibility index (Phi) is 7.80. The first kappa shape index (κ1) is 28.1. The van der Waals surface area contributed by atoms with E-state index in [-0.39, 0.29) is 37.1 Å². The van der Waals surface area contributed by atoms with Crippen molar-refractivity contribution in [1.82, 2.24) is 15.1 Å². The van der Waals surface area contributed by atoms with Gasteiger partial charge in [-0.05, 0) is 110 Å². The second kappa shape index (κ2) is 11.7. The highest BCUT2D eigenvalue weighted by molar-refractivity contribution is 9.10. The molecule has 3 amide bonds. The molecule has 0 bridgehead atoms. The zero-order valence-electron chi connectivity index (χ0n) is 22.7. The third kappa shape index (κ3) is 5.67. The maximum absolute atomic E-state index is 14.8. The number of benzene rings is 3. The third-order valence-electron chi connectivity index (χ3n) is 8.31. The van der Waals surface area contributed by atoms with Gasteiger partial charge in [0.25, 0.3) is 5.91 Å². The van der Waals surface area contributed by atoms with E-state index in [1.54, 1.807) is 30.3 Å². The fraction of sp³-hybridized carbons (Fsp3) is 0.312. The van der Waals surface area contributed by atoms with Crippen LogP contribution in [0.25, 0.3) is 0 Å². The van der Waals surface area contributed by atoms with Crippen LogP contribution < -0.4 is 10.1 Å². The van der Waals surface area contributed by atoms with Crippen LogP contribution in [0.1, 0.15) is 64.2 Å². The predicted molar refractivity (Wildman–Crippen MR) is 155 cm³/mol. The predicted octanol–water partition coefficient (Wildman–Crippen LogP) is 5.39. The number of likely N-dealkylation sites (tertiary alicyclic amines) is 1. The highest BCUT2D eigenvalue weighted by atomic mass is 79.9. The van der Waals surface area contributed by atoms with Gasteiger partial charge in [-0.25, -0.2) is 4.39 Å². The molecule has 10 heteroatoms. The van der Waals surface area contributed by atoms with Gasteiger partial charge in [-0.15, -0.1) is 0 Å². The number of hydrogen-bond acceptors (Lipinski definition) is 6. The van der Waals surface area contributed by atoms with Crippen molar-refractivity contribution in [2.24, 2.45) is 0 Å². The molecule has 6 rings (SSSR count). The number of nitrogens with one attached hydrogen (secondary N) is 1. The topological polar surface area (TPSA) is 103 Å². The monoisotopic (exact) mass is 630 g/mol. The Hall–Kier alpha value is -4.07. The van der Waals surface area contributed by atoms with Gasteiger partial charge in [-0.3, -0.25) is 24.6 Å². The zero-order valence-corrected chi connectivity index (χ0v) is 24.3.